The van der Waals surface area contributed by atoms with Gasteiger partial charge >= 0.3 is 0 Å². The first kappa shape index (κ1) is 26.4. The molecule has 0 atom stereocenters. The molecule has 2 aromatic rings. The first-order valence-electron chi connectivity index (χ1n) is 14.3. The van der Waals surface area contributed by atoms with Gasteiger partial charge in [-0.2, -0.15) is 4.98 Å². The minimum absolute atomic E-state index is 0.0819. The topological polar surface area (TPSA) is 88.3 Å². The SMILES string of the molecule is CCNC(=O)c1cc(N(CC23CCC(c4nc(C(C)(C)C)no4)(CC2)CC3)C(=O)C23CC(F)(C2)C3)ccc1F. The van der Waals surface area contributed by atoms with Gasteiger partial charge in [0.05, 0.1) is 11.0 Å². The Balaban J connectivity index is 1.27. The number of alkyl halides is 1. The fourth-order valence-electron chi connectivity index (χ4n) is 7.47. The van der Waals surface area contributed by atoms with Gasteiger partial charge in [-0.05, 0) is 88.3 Å². The lowest BCUT2D eigenvalue weighted by Gasteiger charge is -2.65. The van der Waals surface area contributed by atoms with Crippen LogP contribution in [0.4, 0.5) is 14.5 Å². The van der Waals surface area contributed by atoms with Crippen LogP contribution < -0.4 is 10.2 Å². The second kappa shape index (κ2) is 8.58. The number of carbonyl (C=O) groups excluding carboxylic acids is 2. The van der Waals surface area contributed by atoms with E-state index in [1.165, 1.54) is 12.1 Å². The normalized spacial score (nSPS) is 32.8. The summed E-state index contributed by atoms with van der Waals surface area (Å²) < 4.78 is 34.9. The van der Waals surface area contributed by atoms with Crippen molar-refractivity contribution < 1.29 is 22.9 Å². The van der Waals surface area contributed by atoms with Gasteiger partial charge in [-0.15, -0.1) is 0 Å². The molecule has 6 fully saturated rings. The van der Waals surface area contributed by atoms with Crippen molar-refractivity contribution in [1.29, 1.82) is 0 Å². The average molecular weight is 541 g/mol. The average Bonchev–Trinajstić information content (AvgIpc) is 3.38. The van der Waals surface area contributed by atoms with Gasteiger partial charge < -0.3 is 14.7 Å². The monoisotopic (exact) mass is 540 g/mol. The molecule has 0 unspecified atom stereocenters. The molecule has 6 saturated carbocycles. The highest BCUT2D eigenvalue weighted by Gasteiger charge is 2.73. The Labute approximate surface area is 228 Å². The van der Waals surface area contributed by atoms with E-state index >= 15 is 0 Å². The number of aromatic nitrogens is 2. The molecule has 1 aromatic heterocycles. The van der Waals surface area contributed by atoms with Gasteiger partial charge in [0.15, 0.2) is 5.82 Å². The molecule has 9 heteroatoms. The number of halogens is 2. The van der Waals surface area contributed by atoms with E-state index in [1.807, 2.05) is 0 Å². The van der Waals surface area contributed by atoms with E-state index in [0.717, 1.165) is 50.2 Å². The zero-order valence-electron chi connectivity index (χ0n) is 23.3. The molecule has 210 valence electrons. The second-order valence-electron chi connectivity index (χ2n) is 13.8. The van der Waals surface area contributed by atoms with Crippen LogP contribution >= 0.6 is 0 Å². The molecule has 7 nitrogen and oxygen atoms in total. The summed E-state index contributed by atoms with van der Waals surface area (Å²) in [6.45, 7) is 8.83. The Hall–Kier alpha value is -2.84. The summed E-state index contributed by atoms with van der Waals surface area (Å²) in [6.07, 6.45) is 6.14. The molecule has 1 N–H and O–H groups in total. The van der Waals surface area contributed by atoms with Gasteiger partial charge in [0, 0.05) is 29.6 Å². The number of nitrogens with zero attached hydrogens (tertiary/aromatic N) is 3. The number of hydrogen-bond donors (Lipinski definition) is 1. The molecule has 8 rings (SSSR count). The van der Waals surface area contributed by atoms with Crippen LogP contribution in [0.15, 0.2) is 22.7 Å². The molecule has 0 spiro atoms. The van der Waals surface area contributed by atoms with E-state index in [1.54, 1.807) is 17.9 Å². The highest BCUT2D eigenvalue weighted by Crippen LogP contribution is 2.70. The molecule has 1 aromatic carbocycles. The van der Waals surface area contributed by atoms with Crippen molar-refractivity contribution in [1.82, 2.24) is 15.5 Å². The van der Waals surface area contributed by atoms with Crippen molar-refractivity contribution in [2.45, 2.75) is 102 Å². The minimum atomic E-state index is -1.21. The maximum atomic E-state index is 14.6. The number of carbonyl (C=O) groups is 2. The van der Waals surface area contributed by atoms with Crippen LogP contribution in [0.1, 0.15) is 108 Å². The number of nitrogens with one attached hydrogen (secondary N) is 1. The number of amides is 2. The number of fused-ring (bicyclic) bond motifs is 3. The van der Waals surface area contributed by atoms with Crippen LogP contribution in [0, 0.1) is 16.6 Å². The highest BCUT2D eigenvalue weighted by molar-refractivity contribution is 6.02. The molecule has 1 heterocycles. The third-order valence-corrected chi connectivity index (χ3v) is 9.95. The Kier molecular flexibility index (Phi) is 5.80. The van der Waals surface area contributed by atoms with E-state index in [0.29, 0.717) is 18.8 Å². The van der Waals surface area contributed by atoms with Crippen LogP contribution in [0.25, 0.3) is 0 Å². The molecule has 2 amide bonds. The fourth-order valence-corrected chi connectivity index (χ4v) is 7.47. The van der Waals surface area contributed by atoms with Crippen LogP contribution in [0.2, 0.25) is 0 Å². The lowest BCUT2D eigenvalue weighted by Crippen LogP contribution is -2.71. The lowest BCUT2D eigenvalue weighted by atomic mass is 9.41. The van der Waals surface area contributed by atoms with Crippen LogP contribution in [0.3, 0.4) is 0 Å². The van der Waals surface area contributed by atoms with Gasteiger partial charge in [0.2, 0.25) is 11.8 Å². The Morgan fingerprint density at radius 2 is 1.72 bits per heavy atom. The smallest absolute Gasteiger partial charge is 0.254 e. The van der Waals surface area contributed by atoms with Crippen molar-refractivity contribution in [3.8, 4) is 0 Å². The molecule has 39 heavy (non-hydrogen) atoms. The van der Waals surface area contributed by atoms with Crippen molar-refractivity contribution in [3.05, 3.63) is 41.3 Å². The number of hydrogen-bond acceptors (Lipinski definition) is 5. The Bertz CT molecular complexity index is 1290. The van der Waals surface area contributed by atoms with E-state index in [-0.39, 0.29) is 47.0 Å². The number of benzene rings is 1. The summed E-state index contributed by atoms with van der Waals surface area (Å²) in [4.78, 5) is 33.1. The van der Waals surface area contributed by atoms with Gasteiger partial charge in [-0.3, -0.25) is 9.59 Å². The molecule has 0 aliphatic heterocycles. The predicted molar refractivity (Wildman–Crippen MR) is 142 cm³/mol. The quantitative estimate of drug-likeness (QED) is 0.482. The minimum Gasteiger partial charge on any atom is -0.352 e. The fraction of sp³-hybridized carbons (Fsp3) is 0.667. The molecular weight excluding hydrogens is 502 g/mol. The van der Waals surface area contributed by atoms with Crippen molar-refractivity contribution in [3.63, 3.8) is 0 Å². The first-order valence-corrected chi connectivity index (χ1v) is 14.3. The summed E-state index contributed by atoms with van der Waals surface area (Å²) >= 11 is 0. The largest absolute Gasteiger partial charge is 0.352 e. The van der Waals surface area contributed by atoms with Gasteiger partial charge in [-0.1, -0.05) is 25.9 Å². The number of anilines is 1. The van der Waals surface area contributed by atoms with Crippen molar-refractivity contribution in [2.75, 3.05) is 18.0 Å². The second-order valence-corrected chi connectivity index (χ2v) is 13.8. The molecular formula is C30H38F2N4O3. The van der Waals surface area contributed by atoms with Crippen LogP contribution in [-0.4, -0.2) is 40.7 Å². The lowest BCUT2D eigenvalue weighted by molar-refractivity contribution is -0.211. The summed E-state index contributed by atoms with van der Waals surface area (Å²) in [5.74, 6) is 0.206. The van der Waals surface area contributed by atoms with Crippen molar-refractivity contribution >= 4 is 17.5 Å². The first-order chi connectivity index (χ1) is 18.3. The molecule has 0 saturated heterocycles. The molecule has 4 bridgehead atoms. The molecule has 0 radical (unpaired) electrons. The third-order valence-electron chi connectivity index (χ3n) is 9.95. The Morgan fingerprint density at radius 3 is 2.26 bits per heavy atom. The zero-order chi connectivity index (χ0) is 27.8. The van der Waals surface area contributed by atoms with Gasteiger partial charge in [-0.25, -0.2) is 8.78 Å². The Morgan fingerprint density at radius 1 is 1.08 bits per heavy atom. The summed E-state index contributed by atoms with van der Waals surface area (Å²) in [6, 6.07) is 4.31. The van der Waals surface area contributed by atoms with E-state index in [9.17, 15) is 18.4 Å². The van der Waals surface area contributed by atoms with E-state index in [2.05, 4.69) is 31.2 Å². The third kappa shape index (κ3) is 4.18. The van der Waals surface area contributed by atoms with E-state index < -0.39 is 22.8 Å². The van der Waals surface area contributed by atoms with Crippen LogP contribution in [0.5, 0.6) is 0 Å². The summed E-state index contributed by atoms with van der Waals surface area (Å²) in [5.41, 5.74) is -1.89. The number of rotatable bonds is 7. The molecule has 6 aliphatic carbocycles. The van der Waals surface area contributed by atoms with Crippen LogP contribution in [-0.2, 0) is 15.6 Å². The van der Waals surface area contributed by atoms with Gasteiger partial charge in [0.1, 0.15) is 11.5 Å². The maximum absolute atomic E-state index is 14.6. The zero-order valence-corrected chi connectivity index (χ0v) is 23.3. The summed E-state index contributed by atoms with van der Waals surface area (Å²) in [5, 5.41) is 6.91. The van der Waals surface area contributed by atoms with E-state index in [4.69, 9.17) is 9.51 Å². The molecule has 6 aliphatic rings. The maximum Gasteiger partial charge on any atom is 0.254 e. The van der Waals surface area contributed by atoms with Gasteiger partial charge in [0.25, 0.3) is 5.91 Å². The highest BCUT2D eigenvalue weighted by atomic mass is 19.1. The predicted octanol–water partition coefficient (Wildman–Crippen LogP) is 5.77. The standard InChI is InChI=1S/C30H38F2N4O3/c1-5-33-22(37)20-14-19(6-7-21(20)31)36(25(38)29-15-30(32,16-29)17-29)18-27-8-11-28(12-9-27,13-10-27)24-34-23(35-39-24)26(2,3)4/h6-7,14H,5,8-13,15-18H2,1-4H3,(H,33,37). The summed E-state index contributed by atoms with van der Waals surface area (Å²) in [7, 11) is 0. The van der Waals surface area contributed by atoms with Crippen molar-refractivity contribution in [2.24, 2.45) is 10.8 Å².